The number of amides is 2. The molecule has 1 aliphatic rings. The number of carbonyl (C=O) groups excluding carboxylic acids is 2. The van der Waals surface area contributed by atoms with E-state index in [2.05, 4.69) is 15.7 Å². The molecule has 1 unspecified atom stereocenters. The Bertz CT molecular complexity index is 1160. The van der Waals surface area contributed by atoms with Gasteiger partial charge in [0.25, 0.3) is 0 Å². The van der Waals surface area contributed by atoms with E-state index in [1.807, 2.05) is 48.5 Å². The third-order valence-electron chi connectivity index (χ3n) is 5.36. The number of nitrogens with zero attached hydrogens (tertiary/aromatic N) is 2. The Hall–Kier alpha value is -4.14. The number of carbonyl (C=O) groups is 3. The second kappa shape index (κ2) is 8.54. The molecule has 3 N–H and O–H groups in total. The van der Waals surface area contributed by atoms with Crippen molar-refractivity contribution in [2.24, 2.45) is 7.05 Å². The number of alkyl carbamates (subject to hydrolysis) is 1. The number of ether oxygens (including phenoxy) is 1. The first-order chi connectivity index (χ1) is 15.3. The number of aromatic carboxylic acids is 1. The maximum absolute atomic E-state index is 12.4. The zero-order valence-electron chi connectivity index (χ0n) is 17.5. The lowest BCUT2D eigenvalue weighted by Crippen LogP contribution is -2.42. The molecule has 4 rings (SSSR count). The van der Waals surface area contributed by atoms with Gasteiger partial charge in [0, 0.05) is 19.2 Å². The normalized spacial score (nSPS) is 13.1. The van der Waals surface area contributed by atoms with Crippen LogP contribution in [0.5, 0.6) is 0 Å². The first-order valence-electron chi connectivity index (χ1n) is 10.0. The summed E-state index contributed by atoms with van der Waals surface area (Å²) < 4.78 is 6.72. The van der Waals surface area contributed by atoms with Gasteiger partial charge < -0.3 is 20.5 Å². The van der Waals surface area contributed by atoms with Crippen molar-refractivity contribution in [3.63, 3.8) is 0 Å². The highest BCUT2D eigenvalue weighted by atomic mass is 16.5. The summed E-state index contributed by atoms with van der Waals surface area (Å²) in [5.41, 5.74) is 4.18. The van der Waals surface area contributed by atoms with Crippen LogP contribution in [0, 0.1) is 0 Å². The fraction of sp³-hybridized carbons (Fsp3) is 0.217. The summed E-state index contributed by atoms with van der Waals surface area (Å²) in [6, 6.07) is 15.0. The number of anilines is 1. The fourth-order valence-corrected chi connectivity index (χ4v) is 3.86. The van der Waals surface area contributed by atoms with Crippen LogP contribution in [0.25, 0.3) is 11.1 Å². The molecule has 1 heterocycles. The van der Waals surface area contributed by atoms with Crippen molar-refractivity contribution < 1.29 is 24.2 Å². The van der Waals surface area contributed by atoms with Gasteiger partial charge in [-0.05, 0) is 29.2 Å². The van der Waals surface area contributed by atoms with Crippen LogP contribution in [0.15, 0.2) is 54.7 Å². The number of carboxylic acid groups (broad SMARTS) is 1. The second-order valence-electron chi connectivity index (χ2n) is 7.55. The van der Waals surface area contributed by atoms with Gasteiger partial charge in [0.2, 0.25) is 5.91 Å². The van der Waals surface area contributed by atoms with Crippen LogP contribution in [0.2, 0.25) is 0 Å². The second-order valence-corrected chi connectivity index (χ2v) is 7.55. The quantitative estimate of drug-likeness (QED) is 0.548. The summed E-state index contributed by atoms with van der Waals surface area (Å²) in [5.74, 6) is -1.95. The van der Waals surface area contributed by atoms with Crippen molar-refractivity contribution in [2.45, 2.75) is 18.9 Å². The minimum absolute atomic E-state index is 0.0474. The summed E-state index contributed by atoms with van der Waals surface area (Å²) in [5, 5.41) is 17.9. The fourth-order valence-electron chi connectivity index (χ4n) is 3.86. The van der Waals surface area contributed by atoms with Gasteiger partial charge in [0.05, 0.1) is 5.69 Å². The summed E-state index contributed by atoms with van der Waals surface area (Å²) in [6.45, 7) is 1.60. The van der Waals surface area contributed by atoms with Crippen molar-refractivity contribution in [3.8, 4) is 11.1 Å². The molecule has 9 heteroatoms. The third kappa shape index (κ3) is 4.04. The number of fused-ring (bicyclic) bond motifs is 3. The molecule has 1 aliphatic carbocycles. The summed E-state index contributed by atoms with van der Waals surface area (Å²) in [4.78, 5) is 36.0. The zero-order chi connectivity index (χ0) is 22.8. The monoisotopic (exact) mass is 434 g/mol. The number of rotatable bonds is 6. The molecular formula is C23H22N4O5. The van der Waals surface area contributed by atoms with Crippen molar-refractivity contribution >= 4 is 23.7 Å². The number of nitrogens with one attached hydrogen (secondary N) is 2. The predicted octanol–water partition coefficient (Wildman–Crippen LogP) is 2.98. The molecule has 1 atom stereocenters. The number of carboxylic acids is 1. The number of hydrogen-bond acceptors (Lipinski definition) is 5. The number of benzene rings is 2. The summed E-state index contributed by atoms with van der Waals surface area (Å²) in [6.07, 6.45) is 0.639. The van der Waals surface area contributed by atoms with Gasteiger partial charge in [0.15, 0.2) is 5.69 Å². The van der Waals surface area contributed by atoms with Gasteiger partial charge in [0.1, 0.15) is 12.6 Å². The van der Waals surface area contributed by atoms with Gasteiger partial charge in [-0.2, -0.15) is 5.10 Å². The van der Waals surface area contributed by atoms with Gasteiger partial charge in [-0.25, -0.2) is 9.59 Å². The molecule has 2 amide bonds. The van der Waals surface area contributed by atoms with E-state index in [9.17, 15) is 19.5 Å². The highest BCUT2D eigenvalue weighted by Gasteiger charge is 2.29. The van der Waals surface area contributed by atoms with Crippen molar-refractivity contribution in [1.29, 1.82) is 0 Å². The van der Waals surface area contributed by atoms with E-state index in [-0.39, 0.29) is 23.9 Å². The summed E-state index contributed by atoms with van der Waals surface area (Å²) in [7, 11) is 1.54. The number of aromatic nitrogens is 2. The Kier molecular flexibility index (Phi) is 5.63. The molecule has 0 aliphatic heterocycles. The minimum Gasteiger partial charge on any atom is -0.476 e. The first-order valence-corrected chi connectivity index (χ1v) is 10.0. The molecule has 0 fully saturated rings. The topological polar surface area (TPSA) is 123 Å². The first kappa shape index (κ1) is 21.1. The van der Waals surface area contributed by atoms with E-state index >= 15 is 0 Å². The highest BCUT2D eigenvalue weighted by Crippen LogP contribution is 2.44. The summed E-state index contributed by atoms with van der Waals surface area (Å²) >= 11 is 0. The molecule has 2 aromatic carbocycles. The van der Waals surface area contributed by atoms with Crippen molar-refractivity contribution in [1.82, 2.24) is 15.1 Å². The molecule has 164 valence electrons. The Morgan fingerprint density at radius 1 is 1.09 bits per heavy atom. The standard InChI is InChI=1S/C23H22N4O5/c1-13(21(28)25-19-11-27(2)26-20(19)22(29)30)24-23(31)32-12-18-16-9-5-3-7-14(16)15-8-4-6-10-17(15)18/h3-11,13,18H,12H2,1-2H3,(H,24,31)(H,25,28)(H,29,30). The van der Waals surface area contributed by atoms with Gasteiger partial charge in [-0.3, -0.25) is 9.48 Å². The molecule has 0 bridgehead atoms. The largest absolute Gasteiger partial charge is 0.476 e. The van der Waals surface area contributed by atoms with Crippen LogP contribution in [0.4, 0.5) is 10.5 Å². The van der Waals surface area contributed by atoms with E-state index in [1.165, 1.54) is 17.8 Å². The van der Waals surface area contributed by atoms with Crippen molar-refractivity contribution in [2.75, 3.05) is 11.9 Å². The molecule has 0 saturated heterocycles. The zero-order valence-corrected chi connectivity index (χ0v) is 17.5. The number of aryl methyl sites for hydroxylation is 1. The Balaban J connectivity index is 1.37. The van der Waals surface area contributed by atoms with Gasteiger partial charge >= 0.3 is 12.1 Å². The number of hydrogen-bond donors (Lipinski definition) is 3. The van der Waals surface area contributed by atoms with Gasteiger partial charge in [-0.1, -0.05) is 48.5 Å². The lowest BCUT2D eigenvalue weighted by molar-refractivity contribution is -0.117. The minimum atomic E-state index is -1.27. The van der Waals surface area contributed by atoms with E-state index in [0.29, 0.717) is 0 Å². The van der Waals surface area contributed by atoms with Crippen LogP contribution in [0.3, 0.4) is 0 Å². The van der Waals surface area contributed by atoms with E-state index in [0.717, 1.165) is 22.3 Å². The molecule has 1 aromatic heterocycles. The highest BCUT2D eigenvalue weighted by molar-refractivity contribution is 6.01. The maximum Gasteiger partial charge on any atom is 0.407 e. The lowest BCUT2D eigenvalue weighted by atomic mass is 9.98. The van der Waals surface area contributed by atoms with Crippen molar-refractivity contribution in [3.05, 3.63) is 71.5 Å². The van der Waals surface area contributed by atoms with E-state index in [1.54, 1.807) is 7.05 Å². The SMILES string of the molecule is CC(NC(=O)OCC1c2ccccc2-c2ccccc21)C(=O)Nc1cn(C)nc1C(=O)O. The average Bonchev–Trinajstić information content (AvgIpc) is 3.30. The molecule has 0 radical (unpaired) electrons. The maximum atomic E-state index is 12.4. The predicted molar refractivity (Wildman–Crippen MR) is 116 cm³/mol. The molecular weight excluding hydrogens is 412 g/mol. The van der Waals surface area contributed by atoms with Crippen LogP contribution in [0.1, 0.15) is 34.5 Å². The molecule has 0 spiro atoms. The Morgan fingerprint density at radius 2 is 1.69 bits per heavy atom. The molecule has 32 heavy (non-hydrogen) atoms. The van der Waals surface area contributed by atoms with Crippen LogP contribution >= 0.6 is 0 Å². The molecule has 9 nitrogen and oxygen atoms in total. The van der Waals surface area contributed by atoms with Crippen LogP contribution < -0.4 is 10.6 Å². The van der Waals surface area contributed by atoms with Gasteiger partial charge in [-0.15, -0.1) is 0 Å². The van der Waals surface area contributed by atoms with Crippen LogP contribution in [-0.2, 0) is 16.6 Å². The Morgan fingerprint density at radius 3 is 2.28 bits per heavy atom. The molecule has 0 saturated carbocycles. The Labute approximate surface area is 184 Å². The van der Waals surface area contributed by atoms with E-state index in [4.69, 9.17) is 4.74 Å². The smallest absolute Gasteiger partial charge is 0.407 e. The lowest BCUT2D eigenvalue weighted by Gasteiger charge is -2.17. The third-order valence-corrected chi connectivity index (χ3v) is 5.36. The van der Waals surface area contributed by atoms with E-state index < -0.39 is 24.0 Å². The molecule has 3 aromatic rings. The van der Waals surface area contributed by atoms with Crippen LogP contribution in [-0.4, -0.2) is 45.5 Å². The average molecular weight is 434 g/mol.